The van der Waals surface area contributed by atoms with Gasteiger partial charge in [-0.3, -0.25) is 4.99 Å². The van der Waals surface area contributed by atoms with E-state index >= 15 is 0 Å². The third-order valence-corrected chi connectivity index (χ3v) is 8.13. The van der Waals surface area contributed by atoms with E-state index in [0.717, 1.165) is 11.3 Å². The zero-order valence-electron chi connectivity index (χ0n) is 23.9. The smallest absolute Gasteiger partial charge is 0.0650 e. The lowest BCUT2D eigenvalue weighted by Crippen LogP contribution is -1.98. The maximum atomic E-state index is 5.13. The molecule has 0 fully saturated rings. The Balaban J connectivity index is 1.27. The van der Waals surface area contributed by atoms with Crippen LogP contribution in [0.2, 0.25) is 0 Å². The molecule has 7 aromatic carbocycles. The molecule has 0 saturated heterocycles. The van der Waals surface area contributed by atoms with Gasteiger partial charge in [-0.05, 0) is 77.5 Å². The van der Waals surface area contributed by atoms with Crippen molar-refractivity contribution < 1.29 is 0 Å². The first-order valence-electron chi connectivity index (χ1n) is 14.7. The monoisotopic (exact) mass is 549 g/mol. The first-order valence-corrected chi connectivity index (χ1v) is 14.7. The van der Waals surface area contributed by atoms with Gasteiger partial charge in [0.25, 0.3) is 0 Å². The molecule has 0 heterocycles. The van der Waals surface area contributed by atoms with E-state index < -0.39 is 0 Å². The molecular formula is C42H31N. The van der Waals surface area contributed by atoms with E-state index in [-0.39, 0.29) is 0 Å². The molecule has 0 saturated carbocycles. The molecule has 0 unspecified atom stereocenters. The van der Waals surface area contributed by atoms with Gasteiger partial charge < -0.3 is 0 Å². The summed E-state index contributed by atoms with van der Waals surface area (Å²) in [4.78, 5) is 5.13. The van der Waals surface area contributed by atoms with Crippen LogP contribution >= 0.6 is 0 Å². The zero-order valence-corrected chi connectivity index (χ0v) is 23.9. The van der Waals surface area contributed by atoms with Crippen LogP contribution in [0, 0.1) is 0 Å². The summed E-state index contributed by atoms with van der Waals surface area (Å²) in [6.45, 7) is 4.38. The molecule has 0 bridgehead atoms. The Morgan fingerprint density at radius 3 is 1.84 bits per heavy atom. The predicted octanol–water partition coefficient (Wildman–Crippen LogP) is 11.3. The third kappa shape index (κ3) is 5.18. The number of hydrogen-bond acceptors (Lipinski definition) is 1. The van der Waals surface area contributed by atoms with Gasteiger partial charge in [-0.15, -0.1) is 0 Å². The van der Waals surface area contributed by atoms with Crippen LogP contribution in [-0.4, -0.2) is 5.71 Å². The van der Waals surface area contributed by atoms with Crippen molar-refractivity contribution in [2.45, 2.75) is 6.54 Å². The molecule has 0 aliphatic heterocycles. The van der Waals surface area contributed by atoms with E-state index in [1.54, 1.807) is 6.08 Å². The summed E-state index contributed by atoms with van der Waals surface area (Å²) in [6.07, 6.45) is 9.80. The fourth-order valence-electron chi connectivity index (χ4n) is 6.06. The molecule has 1 heteroatoms. The summed E-state index contributed by atoms with van der Waals surface area (Å²) in [7, 11) is 0. The summed E-state index contributed by atoms with van der Waals surface area (Å²) in [5, 5.41) is 10.2. The van der Waals surface area contributed by atoms with Gasteiger partial charge in [0, 0.05) is 0 Å². The summed E-state index contributed by atoms with van der Waals surface area (Å²) < 4.78 is 0. The number of aliphatic imine (C=N–C) groups is 1. The fourth-order valence-corrected chi connectivity index (χ4v) is 6.06. The highest BCUT2D eigenvalue weighted by Gasteiger charge is 2.09. The van der Waals surface area contributed by atoms with Gasteiger partial charge in [0.15, 0.2) is 0 Å². The molecule has 0 radical (unpaired) electrons. The number of benzene rings is 7. The minimum Gasteiger partial charge on any atom is -0.280 e. The Bertz CT molecular complexity index is 2170. The summed E-state index contributed by atoms with van der Waals surface area (Å²) in [6, 6.07) is 48.0. The van der Waals surface area contributed by atoms with Crippen LogP contribution in [-0.2, 0) is 6.54 Å². The molecule has 7 aromatic rings. The molecule has 0 spiro atoms. The lowest BCUT2D eigenvalue weighted by Gasteiger charge is -2.11. The lowest BCUT2D eigenvalue weighted by atomic mass is 9.93. The van der Waals surface area contributed by atoms with Crippen molar-refractivity contribution in [3.63, 3.8) is 0 Å². The molecule has 204 valence electrons. The van der Waals surface area contributed by atoms with Crippen LogP contribution in [0.5, 0.6) is 0 Å². The summed E-state index contributed by atoms with van der Waals surface area (Å²) in [5.74, 6) is 0. The number of fused-ring (bicyclic) bond motifs is 7. The van der Waals surface area contributed by atoms with Crippen LogP contribution in [0.15, 0.2) is 175 Å². The van der Waals surface area contributed by atoms with E-state index in [0.29, 0.717) is 6.54 Å². The van der Waals surface area contributed by atoms with Crippen molar-refractivity contribution in [1.82, 2.24) is 0 Å². The van der Waals surface area contributed by atoms with E-state index in [2.05, 4.69) is 146 Å². The van der Waals surface area contributed by atoms with Gasteiger partial charge in [-0.1, -0.05) is 158 Å². The Hall–Kier alpha value is -5.53. The predicted molar refractivity (Wildman–Crippen MR) is 187 cm³/mol. The first-order chi connectivity index (χ1) is 21.3. The average molecular weight is 550 g/mol. The minimum absolute atomic E-state index is 0.590. The number of nitrogens with zero attached hydrogens (tertiary/aromatic N) is 1. The van der Waals surface area contributed by atoms with Crippen LogP contribution in [0.3, 0.4) is 0 Å². The van der Waals surface area contributed by atoms with Crippen molar-refractivity contribution in [3.8, 4) is 11.1 Å². The zero-order chi connectivity index (χ0) is 29.0. The van der Waals surface area contributed by atoms with E-state index in [1.165, 1.54) is 59.8 Å². The maximum absolute atomic E-state index is 5.13. The number of hydrogen-bond donors (Lipinski definition) is 0. The highest BCUT2D eigenvalue weighted by atomic mass is 14.7. The van der Waals surface area contributed by atoms with Crippen molar-refractivity contribution in [2.75, 3.05) is 0 Å². The van der Waals surface area contributed by atoms with Crippen LogP contribution in [0.25, 0.3) is 54.2 Å². The van der Waals surface area contributed by atoms with Gasteiger partial charge >= 0.3 is 0 Å². The van der Waals surface area contributed by atoms with Crippen LogP contribution in [0.1, 0.15) is 11.1 Å². The second kappa shape index (κ2) is 11.8. The maximum Gasteiger partial charge on any atom is 0.0650 e. The van der Waals surface area contributed by atoms with Crippen molar-refractivity contribution >= 4 is 48.8 Å². The molecule has 0 amide bonds. The number of rotatable bonds is 7. The third-order valence-electron chi connectivity index (χ3n) is 8.13. The van der Waals surface area contributed by atoms with E-state index in [1.807, 2.05) is 18.2 Å². The van der Waals surface area contributed by atoms with Gasteiger partial charge in [0.2, 0.25) is 0 Å². The van der Waals surface area contributed by atoms with Crippen LogP contribution < -0.4 is 0 Å². The second-order valence-electron chi connectivity index (χ2n) is 10.8. The molecule has 0 N–H and O–H groups in total. The molecule has 0 aromatic heterocycles. The van der Waals surface area contributed by atoms with E-state index in [4.69, 9.17) is 4.99 Å². The van der Waals surface area contributed by atoms with Crippen molar-refractivity contribution in [3.05, 3.63) is 182 Å². The highest BCUT2D eigenvalue weighted by molar-refractivity contribution is 6.25. The van der Waals surface area contributed by atoms with Gasteiger partial charge in [-0.2, -0.15) is 0 Å². The average Bonchev–Trinajstić information content (AvgIpc) is 3.08. The molecule has 0 aliphatic carbocycles. The lowest BCUT2D eigenvalue weighted by molar-refractivity contribution is 1.07. The first kappa shape index (κ1) is 26.4. The molecule has 1 nitrogen and oxygen atoms in total. The topological polar surface area (TPSA) is 12.4 Å². The Labute approximate surface area is 252 Å². The molecular weight excluding hydrogens is 518 g/mol. The Kier molecular flexibility index (Phi) is 7.21. The quantitative estimate of drug-likeness (QED) is 0.106. The Morgan fingerprint density at radius 1 is 0.535 bits per heavy atom. The minimum atomic E-state index is 0.590. The van der Waals surface area contributed by atoms with Gasteiger partial charge in [0.1, 0.15) is 0 Å². The molecule has 43 heavy (non-hydrogen) atoms. The van der Waals surface area contributed by atoms with Gasteiger partial charge in [-0.25, -0.2) is 0 Å². The molecule has 0 aliphatic rings. The summed E-state index contributed by atoms with van der Waals surface area (Å²) in [5.41, 5.74) is 5.66. The SMILES string of the molecule is C=C/C=C/C=C/C(=NCc1ccc2c3ccccc3c3ccccc3c2c1)c1ccc(-c2cccc3ccccc23)cc1. The largest absolute Gasteiger partial charge is 0.280 e. The van der Waals surface area contributed by atoms with Crippen LogP contribution in [0.4, 0.5) is 0 Å². The normalized spacial score (nSPS) is 12.3. The van der Waals surface area contributed by atoms with Crippen molar-refractivity contribution in [2.24, 2.45) is 4.99 Å². The highest BCUT2D eigenvalue weighted by Crippen LogP contribution is 2.35. The standard InChI is InChI=1S/C42H31N/c1-2-3-4-5-21-42(33-25-23-32(24-26-33)35-20-12-14-31-13-6-7-15-34(31)35)43-29-30-22-27-40-38-18-9-8-16-36(38)37-17-10-11-19-39(37)41(40)28-30/h2-28H,1,29H2/b4-3+,21-5+,43-42?. The van der Waals surface area contributed by atoms with Gasteiger partial charge in [0.05, 0.1) is 12.3 Å². The van der Waals surface area contributed by atoms with E-state index in [9.17, 15) is 0 Å². The second-order valence-corrected chi connectivity index (χ2v) is 10.8. The summed E-state index contributed by atoms with van der Waals surface area (Å²) >= 11 is 0. The molecule has 7 rings (SSSR count). The van der Waals surface area contributed by atoms with Crippen molar-refractivity contribution in [1.29, 1.82) is 0 Å². The molecule has 0 atom stereocenters. The Morgan fingerprint density at radius 2 is 1.14 bits per heavy atom. The fraction of sp³-hybridized carbons (Fsp3) is 0.0238. The number of allylic oxidation sites excluding steroid dienone is 5.